The van der Waals surface area contributed by atoms with E-state index in [1.54, 1.807) is 11.1 Å². The van der Waals surface area contributed by atoms with E-state index in [-0.39, 0.29) is 0 Å². The van der Waals surface area contributed by atoms with Crippen LogP contribution in [0.5, 0.6) is 0 Å². The van der Waals surface area contributed by atoms with Crippen molar-refractivity contribution in [1.29, 1.82) is 0 Å². The van der Waals surface area contributed by atoms with Crippen LogP contribution in [0.2, 0.25) is 0 Å². The molecule has 0 bridgehead atoms. The lowest BCUT2D eigenvalue weighted by Crippen LogP contribution is -1.90. The Morgan fingerprint density at radius 3 is 1.17 bits per heavy atom. The van der Waals surface area contributed by atoms with Crippen LogP contribution in [0.15, 0.2) is 11.1 Å². The molecular formula is C12H24. The van der Waals surface area contributed by atoms with Crippen LogP contribution in [0.3, 0.4) is 0 Å². The van der Waals surface area contributed by atoms with Crippen molar-refractivity contribution < 1.29 is 0 Å². The van der Waals surface area contributed by atoms with E-state index in [1.165, 1.54) is 38.5 Å². The summed E-state index contributed by atoms with van der Waals surface area (Å²) < 4.78 is 0. The molecule has 0 aromatic carbocycles. The molecule has 0 rings (SSSR count). The van der Waals surface area contributed by atoms with Crippen molar-refractivity contribution >= 4 is 0 Å². The van der Waals surface area contributed by atoms with Crippen molar-refractivity contribution in [2.24, 2.45) is 0 Å². The van der Waals surface area contributed by atoms with Crippen LogP contribution >= 0.6 is 0 Å². The summed E-state index contributed by atoms with van der Waals surface area (Å²) in [6.07, 6.45) is 7.76. The van der Waals surface area contributed by atoms with Crippen LogP contribution in [0.4, 0.5) is 0 Å². The summed E-state index contributed by atoms with van der Waals surface area (Å²) in [5, 5.41) is 0. The van der Waals surface area contributed by atoms with E-state index < -0.39 is 0 Å². The summed E-state index contributed by atoms with van der Waals surface area (Å²) >= 11 is 0. The molecule has 0 N–H and O–H groups in total. The zero-order chi connectivity index (χ0) is 9.40. The lowest BCUT2D eigenvalue weighted by molar-refractivity contribution is 0.775. The summed E-state index contributed by atoms with van der Waals surface area (Å²) in [6, 6.07) is 0. The maximum atomic E-state index is 2.29. The van der Waals surface area contributed by atoms with Gasteiger partial charge in [0.2, 0.25) is 0 Å². The molecule has 0 aromatic rings. The first-order chi connectivity index (χ1) is 5.79. The number of allylic oxidation sites excluding steroid dienone is 2. The Kier molecular flexibility index (Phi) is 7.23. The number of rotatable bonds is 6. The van der Waals surface area contributed by atoms with Gasteiger partial charge in [-0.1, -0.05) is 51.7 Å². The minimum absolute atomic E-state index is 1.26. The van der Waals surface area contributed by atoms with Crippen LogP contribution in [0.25, 0.3) is 0 Å². The van der Waals surface area contributed by atoms with Crippen molar-refractivity contribution in [3.63, 3.8) is 0 Å². The fraction of sp³-hybridized carbons (Fsp3) is 0.833. The monoisotopic (exact) mass is 168 g/mol. The predicted octanol–water partition coefficient (Wildman–Crippen LogP) is 4.70. The second kappa shape index (κ2) is 7.39. The van der Waals surface area contributed by atoms with E-state index in [0.29, 0.717) is 0 Å². The van der Waals surface area contributed by atoms with Gasteiger partial charge in [-0.25, -0.2) is 0 Å². The highest BCUT2D eigenvalue weighted by molar-refractivity contribution is 5.13. The Morgan fingerprint density at radius 2 is 1.00 bits per heavy atom. The van der Waals surface area contributed by atoms with E-state index in [1.807, 2.05) is 0 Å². The van der Waals surface area contributed by atoms with Gasteiger partial charge in [-0.2, -0.15) is 0 Å². The average Bonchev–Trinajstić information content (AvgIpc) is 2.11. The molecule has 0 radical (unpaired) electrons. The van der Waals surface area contributed by atoms with Gasteiger partial charge in [0.05, 0.1) is 0 Å². The normalized spacial score (nSPS) is 13.0. The molecule has 72 valence electrons. The zero-order valence-electron chi connectivity index (χ0n) is 9.24. The zero-order valence-corrected chi connectivity index (χ0v) is 9.24. The second-order valence-electron chi connectivity index (χ2n) is 3.41. The first-order valence-corrected chi connectivity index (χ1v) is 5.49. The van der Waals surface area contributed by atoms with E-state index in [0.717, 1.165) is 0 Å². The molecule has 0 atom stereocenters. The maximum Gasteiger partial charge on any atom is -0.0320 e. The molecule has 0 saturated carbocycles. The lowest BCUT2D eigenvalue weighted by atomic mass is 9.96. The third kappa shape index (κ3) is 3.94. The Labute approximate surface area is 78.1 Å². The summed E-state index contributed by atoms with van der Waals surface area (Å²) in [4.78, 5) is 0. The van der Waals surface area contributed by atoms with Gasteiger partial charge in [-0.3, -0.25) is 0 Å². The largest absolute Gasteiger partial charge is 0.0713 e. The van der Waals surface area contributed by atoms with Crippen LogP contribution in [0.1, 0.15) is 66.2 Å². The Balaban J connectivity index is 4.26. The van der Waals surface area contributed by atoms with Crippen LogP contribution < -0.4 is 0 Å². The van der Waals surface area contributed by atoms with Gasteiger partial charge in [-0.05, 0) is 25.7 Å². The van der Waals surface area contributed by atoms with Crippen molar-refractivity contribution in [3.05, 3.63) is 11.1 Å². The van der Waals surface area contributed by atoms with Crippen molar-refractivity contribution in [2.75, 3.05) is 0 Å². The van der Waals surface area contributed by atoms with Gasteiger partial charge in [0, 0.05) is 0 Å². The summed E-state index contributed by atoms with van der Waals surface area (Å²) in [5.41, 5.74) is 3.45. The number of hydrogen-bond acceptors (Lipinski definition) is 0. The average molecular weight is 168 g/mol. The molecular weight excluding hydrogens is 144 g/mol. The van der Waals surface area contributed by atoms with Gasteiger partial charge in [-0.15, -0.1) is 0 Å². The molecule has 0 aliphatic heterocycles. The highest BCUT2D eigenvalue weighted by Gasteiger charge is 2.01. The van der Waals surface area contributed by atoms with E-state index in [4.69, 9.17) is 0 Å². The van der Waals surface area contributed by atoms with Gasteiger partial charge in [0.25, 0.3) is 0 Å². The first-order valence-electron chi connectivity index (χ1n) is 5.49. The lowest BCUT2D eigenvalue weighted by Gasteiger charge is -2.11. The van der Waals surface area contributed by atoms with Crippen molar-refractivity contribution in [1.82, 2.24) is 0 Å². The fourth-order valence-electron chi connectivity index (χ4n) is 1.81. The quantitative estimate of drug-likeness (QED) is 0.504. The second-order valence-corrected chi connectivity index (χ2v) is 3.41. The third-order valence-electron chi connectivity index (χ3n) is 2.46. The summed E-state index contributed by atoms with van der Waals surface area (Å²) in [6.45, 7) is 9.12. The molecule has 0 unspecified atom stereocenters. The minimum atomic E-state index is 1.26. The first kappa shape index (κ1) is 11.7. The smallest absolute Gasteiger partial charge is 0.0320 e. The Bertz CT molecular complexity index is 115. The van der Waals surface area contributed by atoms with Gasteiger partial charge in [0.15, 0.2) is 0 Å². The van der Waals surface area contributed by atoms with Gasteiger partial charge in [0.1, 0.15) is 0 Å². The molecule has 12 heavy (non-hydrogen) atoms. The minimum Gasteiger partial charge on any atom is -0.0713 e. The van der Waals surface area contributed by atoms with Crippen molar-refractivity contribution in [2.45, 2.75) is 66.2 Å². The highest BCUT2D eigenvalue weighted by atomic mass is 14.1. The van der Waals surface area contributed by atoms with Gasteiger partial charge >= 0.3 is 0 Å². The Hall–Kier alpha value is -0.260. The molecule has 0 saturated heterocycles. The molecule has 0 nitrogen and oxygen atoms in total. The molecule has 0 fully saturated rings. The Morgan fingerprint density at radius 1 is 0.667 bits per heavy atom. The topological polar surface area (TPSA) is 0 Å². The SMILES string of the molecule is CCC/C(CC)=C(/CC)CCC. The molecule has 0 amide bonds. The van der Waals surface area contributed by atoms with E-state index in [2.05, 4.69) is 27.7 Å². The molecule has 0 heteroatoms. The molecule has 0 aliphatic rings. The van der Waals surface area contributed by atoms with Crippen molar-refractivity contribution in [3.8, 4) is 0 Å². The number of hydrogen-bond donors (Lipinski definition) is 0. The summed E-state index contributed by atoms with van der Waals surface area (Å²) in [7, 11) is 0. The van der Waals surface area contributed by atoms with Crippen LogP contribution in [-0.2, 0) is 0 Å². The van der Waals surface area contributed by atoms with Crippen LogP contribution in [0, 0.1) is 0 Å². The van der Waals surface area contributed by atoms with Crippen LogP contribution in [-0.4, -0.2) is 0 Å². The van der Waals surface area contributed by atoms with E-state index >= 15 is 0 Å². The summed E-state index contributed by atoms with van der Waals surface area (Å²) in [5.74, 6) is 0. The molecule has 0 spiro atoms. The molecule has 0 heterocycles. The van der Waals surface area contributed by atoms with E-state index in [9.17, 15) is 0 Å². The third-order valence-corrected chi connectivity index (χ3v) is 2.46. The predicted molar refractivity (Wildman–Crippen MR) is 57.4 cm³/mol. The van der Waals surface area contributed by atoms with Gasteiger partial charge < -0.3 is 0 Å². The molecule has 0 aliphatic carbocycles. The highest BCUT2D eigenvalue weighted by Crippen LogP contribution is 2.21. The fourth-order valence-corrected chi connectivity index (χ4v) is 1.81. The standard InChI is InChI=1S/C12H24/c1-5-9-11(7-3)12(8-4)10-6-2/h5-10H2,1-4H3/b12-11-. The maximum absolute atomic E-state index is 2.29. The molecule has 0 aromatic heterocycles.